The topological polar surface area (TPSA) is 70.6 Å². The molecular formula is C14H20N2O3. The molecule has 5 nitrogen and oxygen atoms in total. The minimum Gasteiger partial charge on any atom is -0.497 e. The van der Waals surface area contributed by atoms with E-state index in [4.69, 9.17) is 4.74 Å². The summed E-state index contributed by atoms with van der Waals surface area (Å²) in [6, 6.07) is 7.16. The fraction of sp³-hybridized carbons (Fsp3) is 0.500. The zero-order valence-corrected chi connectivity index (χ0v) is 11.1. The Bertz CT molecular complexity index is 427. The average molecular weight is 264 g/mol. The maximum absolute atomic E-state index is 11.7. The van der Waals surface area contributed by atoms with Gasteiger partial charge in [-0.15, -0.1) is 0 Å². The number of ether oxygens (including phenoxy) is 1. The van der Waals surface area contributed by atoms with E-state index in [0.29, 0.717) is 6.54 Å². The van der Waals surface area contributed by atoms with E-state index in [9.17, 15) is 9.90 Å². The third-order valence-electron chi connectivity index (χ3n) is 3.40. The number of hydrogen-bond donors (Lipinski definition) is 3. The molecule has 0 atom stereocenters. The molecule has 3 N–H and O–H groups in total. The average Bonchev–Trinajstić information content (AvgIpc) is 2.37. The Morgan fingerprint density at radius 2 is 2.05 bits per heavy atom. The van der Waals surface area contributed by atoms with Crippen LogP contribution < -0.4 is 15.4 Å². The van der Waals surface area contributed by atoms with Gasteiger partial charge in [0, 0.05) is 12.2 Å². The second-order valence-corrected chi connectivity index (χ2v) is 4.96. The van der Waals surface area contributed by atoms with E-state index in [-0.39, 0.29) is 12.5 Å². The monoisotopic (exact) mass is 264 g/mol. The van der Waals surface area contributed by atoms with Crippen LogP contribution in [0.1, 0.15) is 19.3 Å². The summed E-state index contributed by atoms with van der Waals surface area (Å²) < 4.78 is 5.04. The molecule has 0 aromatic heterocycles. The van der Waals surface area contributed by atoms with Crippen molar-refractivity contribution in [3.63, 3.8) is 0 Å². The minimum atomic E-state index is -0.597. The zero-order valence-electron chi connectivity index (χ0n) is 11.1. The Kier molecular flexibility index (Phi) is 4.39. The third-order valence-corrected chi connectivity index (χ3v) is 3.40. The first kappa shape index (κ1) is 13.8. The summed E-state index contributed by atoms with van der Waals surface area (Å²) >= 11 is 0. The van der Waals surface area contributed by atoms with Gasteiger partial charge >= 0.3 is 0 Å². The van der Waals surface area contributed by atoms with E-state index in [1.165, 1.54) is 0 Å². The van der Waals surface area contributed by atoms with Crippen molar-refractivity contribution in [3.8, 4) is 5.75 Å². The van der Waals surface area contributed by atoms with E-state index >= 15 is 0 Å². The van der Waals surface area contributed by atoms with Crippen molar-refractivity contribution in [2.45, 2.75) is 24.9 Å². The molecule has 0 unspecified atom stereocenters. The minimum absolute atomic E-state index is 0.118. The summed E-state index contributed by atoms with van der Waals surface area (Å²) in [5, 5.41) is 15.6. The molecule has 2 rings (SSSR count). The highest BCUT2D eigenvalue weighted by Gasteiger charge is 2.33. The van der Waals surface area contributed by atoms with Gasteiger partial charge in [-0.05, 0) is 43.5 Å². The summed E-state index contributed by atoms with van der Waals surface area (Å²) in [7, 11) is 1.60. The van der Waals surface area contributed by atoms with Gasteiger partial charge in [0.05, 0.1) is 19.3 Å². The first-order chi connectivity index (χ1) is 9.11. The number of carbonyl (C=O) groups excluding carboxylic acids is 1. The van der Waals surface area contributed by atoms with Crippen molar-refractivity contribution in [1.82, 2.24) is 5.32 Å². The van der Waals surface area contributed by atoms with Crippen LogP contribution in [0.3, 0.4) is 0 Å². The third kappa shape index (κ3) is 3.94. The predicted octanol–water partition coefficient (Wildman–Crippen LogP) is 1.14. The summed E-state index contributed by atoms with van der Waals surface area (Å²) in [5.41, 5.74) is 0.135. The van der Waals surface area contributed by atoms with E-state index < -0.39 is 5.60 Å². The first-order valence-electron chi connectivity index (χ1n) is 6.48. The van der Waals surface area contributed by atoms with Crippen LogP contribution >= 0.6 is 0 Å². The Labute approximate surface area is 113 Å². The van der Waals surface area contributed by atoms with Gasteiger partial charge < -0.3 is 20.5 Å². The molecule has 0 bridgehead atoms. The molecule has 1 aromatic rings. The number of nitrogens with one attached hydrogen (secondary N) is 2. The van der Waals surface area contributed by atoms with Crippen LogP contribution in [0.25, 0.3) is 0 Å². The number of hydrogen-bond acceptors (Lipinski definition) is 4. The molecule has 0 spiro atoms. The number of amides is 1. The fourth-order valence-electron chi connectivity index (χ4n) is 2.05. The van der Waals surface area contributed by atoms with Gasteiger partial charge in [0.25, 0.3) is 0 Å². The van der Waals surface area contributed by atoms with Crippen LogP contribution in [0.15, 0.2) is 24.3 Å². The standard InChI is InChI=1S/C14H20N2O3/c1-19-12-5-3-11(4-6-12)16-13(17)9-15-10-14(18)7-2-8-14/h3-6,15,18H,2,7-10H2,1H3,(H,16,17). The lowest BCUT2D eigenvalue weighted by Gasteiger charge is -2.36. The van der Waals surface area contributed by atoms with Gasteiger partial charge in [-0.1, -0.05) is 0 Å². The lowest BCUT2D eigenvalue weighted by Crippen LogP contribution is -2.47. The van der Waals surface area contributed by atoms with Gasteiger partial charge in [-0.2, -0.15) is 0 Å². The number of benzene rings is 1. The molecule has 1 aromatic carbocycles. The zero-order chi connectivity index (χ0) is 13.7. The maximum Gasteiger partial charge on any atom is 0.238 e. The SMILES string of the molecule is COc1ccc(NC(=O)CNCC2(O)CCC2)cc1. The molecule has 1 fully saturated rings. The quantitative estimate of drug-likeness (QED) is 0.720. The van der Waals surface area contributed by atoms with Crippen LogP contribution in [-0.2, 0) is 4.79 Å². The van der Waals surface area contributed by atoms with Gasteiger partial charge in [-0.25, -0.2) is 0 Å². The van der Waals surface area contributed by atoms with Gasteiger partial charge in [-0.3, -0.25) is 4.79 Å². The number of carbonyl (C=O) groups is 1. The van der Waals surface area contributed by atoms with Crippen molar-refractivity contribution >= 4 is 11.6 Å². The number of rotatable bonds is 6. The molecule has 19 heavy (non-hydrogen) atoms. The van der Waals surface area contributed by atoms with Crippen molar-refractivity contribution in [3.05, 3.63) is 24.3 Å². The predicted molar refractivity (Wildman–Crippen MR) is 73.3 cm³/mol. The van der Waals surface area contributed by atoms with E-state index in [1.807, 2.05) is 0 Å². The largest absolute Gasteiger partial charge is 0.497 e. The number of aliphatic hydroxyl groups is 1. The molecular weight excluding hydrogens is 244 g/mol. The maximum atomic E-state index is 11.7. The molecule has 1 aliphatic rings. The fourth-order valence-corrected chi connectivity index (χ4v) is 2.05. The van der Waals surface area contributed by atoms with E-state index in [1.54, 1.807) is 31.4 Å². The summed E-state index contributed by atoms with van der Waals surface area (Å²) in [4.78, 5) is 11.7. The van der Waals surface area contributed by atoms with Crippen LogP contribution in [0.2, 0.25) is 0 Å². The van der Waals surface area contributed by atoms with Gasteiger partial charge in [0.1, 0.15) is 5.75 Å². The van der Waals surface area contributed by atoms with E-state index in [0.717, 1.165) is 30.7 Å². The van der Waals surface area contributed by atoms with Crippen molar-refractivity contribution < 1.29 is 14.6 Å². The smallest absolute Gasteiger partial charge is 0.238 e. The molecule has 1 aliphatic carbocycles. The van der Waals surface area contributed by atoms with Gasteiger partial charge in [0.15, 0.2) is 0 Å². The van der Waals surface area contributed by atoms with Crippen LogP contribution in [-0.4, -0.2) is 36.8 Å². The highest BCUT2D eigenvalue weighted by molar-refractivity contribution is 5.92. The Hall–Kier alpha value is -1.59. The van der Waals surface area contributed by atoms with Crippen molar-refractivity contribution in [1.29, 1.82) is 0 Å². The summed E-state index contributed by atoms with van der Waals surface area (Å²) in [5.74, 6) is 0.636. The summed E-state index contributed by atoms with van der Waals surface area (Å²) in [6.07, 6.45) is 2.70. The van der Waals surface area contributed by atoms with E-state index in [2.05, 4.69) is 10.6 Å². The molecule has 0 heterocycles. The molecule has 0 aliphatic heterocycles. The molecule has 1 amide bonds. The second-order valence-electron chi connectivity index (χ2n) is 4.96. The second kappa shape index (κ2) is 6.04. The van der Waals surface area contributed by atoms with Gasteiger partial charge in [0.2, 0.25) is 5.91 Å². The molecule has 0 saturated heterocycles. The number of methoxy groups -OCH3 is 1. The Balaban J connectivity index is 1.71. The molecule has 5 heteroatoms. The Morgan fingerprint density at radius 3 is 2.58 bits per heavy atom. The summed E-state index contributed by atoms with van der Waals surface area (Å²) in [6.45, 7) is 0.678. The Morgan fingerprint density at radius 1 is 1.37 bits per heavy atom. The highest BCUT2D eigenvalue weighted by atomic mass is 16.5. The van der Waals surface area contributed by atoms with Crippen molar-refractivity contribution in [2.75, 3.05) is 25.5 Å². The van der Waals surface area contributed by atoms with Crippen LogP contribution in [0.4, 0.5) is 5.69 Å². The number of anilines is 1. The molecule has 104 valence electrons. The van der Waals surface area contributed by atoms with Crippen LogP contribution in [0.5, 0.6) is 5.75 Å². The highest BCUT2D eigenvalue weighted by Crippen LogP contribution is 2.30. The van der Waals surface area contributed by atoms with Crippen molar-refractivity contribution in [2.24, 2.45) is 0 Å². The first-order valence-corrected chi connectivity index (χ1v) is 6.48. The lowest BCUT2D eigenvalue weighted by atomic mass is 9.80. The van der Waals surface area contributed by atoms with Crippen LogP contribution in [0, 0.1) is 0 Å². The molecule has 0 radical (unpaired) electrons. The lowest BCUT2D eigenvalue weighted by molar-refractivity contribution is -0.115. The normalized spacial score (nSPS) is 16.5. The molecule has 1 saturated carbocycles.